The number of nitrogens with one attached hydrogen (secondary N) is 1. The largest absolute Gasteiger partial charge is 0.368 e. The van der Waals surface area contributed by atoms with E-state index in [2.05, 4.69) is 15.3 Å². The second-order valence-electron chi connectivity index (χ2n) is 3.10. The number of rotatable bonds is 4. The van der Waals surface area contributed by atoms with Crippen molar-refractivity contribution in [1.29, 1.82) is 0 Å². The van der Waals surface area contributed by atoms with Gasteiger partial charge >= 0.3 is 0 Å². The van der Waals surface area contributed by atoms with Crippen molar-refractivity contribution < 1.29 is 9.18 Å². The molecule has 0 spiro atoms. The van der Waals surface area contributed by atoms with Crippen LogP contribution in [0.2, 0.25) is 0 Å². The van der Waals surface area contributed by atoms with Gasteiger partial charge in [0.15, 0.2) is 11.6 Å². The SMILES string of the molecule is CCc1ncnc(NC(C)C(N)=O)c1F. The number of anilines is 1. The number of primary amides is 1. The van der Waals surface area contributed by atoms with Gasteiger partial charge in [-0.1, -0.05) is 6.92 Å². The number of hydrogen-bond donors (Lipinski definition) is 2. The number of aryl methyl sites for hydroxylation is 1. The first-order valence-corrected chi connectivity index (χ1v) is 4.61. The molecule has 0 fully saturated rings. The van der Waals surface area contributed by atoms with Crippen molar-refractivity contribution in [3.05, 3.63) is 17.8 Å². The quantitative estimate of drug-likeness (QED) is 0.759. The molecule has 0 aromatic carbocycles. The molecule has 82 valence electrons. The fourth-order valence-corrected chi connectivity index (χ4v) is 1.03. The standard InChI is InChI=1S/C9H13FN4O/c1-3-6-7(10)9(13-4-12-6)14-5(2)8(11)15/h4-5H,3H2,1-2H3,(H2,11,15)(H,12,13,14). The number of nitrogens with zero attached hydrogens (tertiary/aromatic N) is 2. The molecule has 15 heavy (non-hydrogen) atoms. The molecule has 5 nitrogen and oxygen atoms in total. The van der Waals surface area contributed by atoms with Crippen LogP contribution in [0.25, 0.3) is 0 Å². The number of aromatic nitrogens is 2. The third kappa shape index (κ3) is 2.61. The highest BCUT2D eigenvalue weighted by atomic mass is 19.1. The van der Waals surface area contributed by atoms with Crippen molar-refractivity contribution in [2.45, 2.75) is 26.3 Å². The molecule has 0 aliphatic heterocycles. The highest BCUT2D eigenvalue weighted by molar-refractivity contribution is 5.82. The van der Waals surface area contributed by atoms with Gasteiger partial charge < -0.3 is 11.1 Å². The van der Waals surface area contributed by atoms with Crippen LogP contribution in [0.5, 0.6) is 0 Å². The second-order valence-corrected chi connectivity index (χ2v) is 3.10. The van der Waals surface area contributed by atoms with Gasteiger partial charge in [-0.15, -0.1) is 0 Å². The molecule has 0 bridgehead atoms. The van der Waals surface area contributed by atoms with E-state index in [0.717, 1.165) is 0 Å². The Balaban J connectivity index is 2.90. The molecule has 0 saturated heterocycles. The summed E-state index contributed by atoms with van der Waals surface area (Å²) in [4.78, 5) is 18.2. The average Bonchev–Trinajstić information content (AvgIpc) is 2.21. The molecule has 1 aromatic heterocycles. The zero-order valence-electron chi connectivity index (χ0n) is 8.62. The van der Waals surface area contributed by atoms with Crippen molar-refractivity contribution in [2.75, 3.05) is 5.32 Å². The lowest BCUT2D eigenvalue weighted by atomic mass is 10.2. The summed E-state index contributed by atoms with van der Waals surface area (Å²) < 4.78 is 13.6. The van der Waals surface area contributed by atoms with Crippen molar-refractivity contribution in [2.24, 2.45) is 5.73 Å². The van der Waals surface area contributed by atoms with Crippen molar-refractivity contribution in [3.63, 3.8) is 0 Å². The van der Waals surface area contributed by atoms with E-state index in [-0.39, 0.29) is 5.82 Å². The summed E-state index contributed by atoms with van der Waals surface area (Å²) in [5.41, 5.74) is 5.35. The van der Waals surface area contributed by atoms with E-state index in [1.807, 2.05) is 0 Å². The Hall–Kier alpha value is -1.72. The number of halogens is 1. The van der Waals surface area contributed by atoms with Crippen LogP contribution < -0.4 is 11.1 Å². The summed E-state index contributed by atoms with van der Waals surface area (Å²) in [6.07, 6.45) is 1.71. The molecule has 1 amide bonds. The third-order valence-electron chi connectivity index (χ3n) is 1.98. The zero-order chi connectivity index (χ0) is 11.4. The maximum Gasteiger partial charge on any atom is 0.239 e. The summed E-state index contributed by atoms with van der Waals surface area (Å²) >= 11 is 0. The maximum absolute atomic E-state index is 13.6. The van der Waals surface area contributed by atoms with Crippen LogP contribution in [0.3, 0.4) is 0 Å². The first kappa shape index (κ1) is 11.4. The van der Waals surface area contributed by atoms with Gasteiger partial charge in [0.2, 0.25) is 5.91 Å². The summed E-state index contributed by atoms with van der Waals surface area (Å²) in [5, 5.41) is 2.58. The molecular weight excluding hydrogens is 199 g/mol. The summed E-state index contributed by atoms with van der Waals surface area (Å²) in [6, 6.07) is -0.667. The van der Waals surface area contributed by atoms with Gasteiger partial charge in [0.25, 0.3) is 0 Å². The molecule has 1 heterocycles. The molecule has 1 rings (SSSR count). The molecule has 0 aliphatic rings. The summed E-state index contributed by atoms with van der Waals surface area (Å²) in [7, 11) is 0. The Kier molecular flexibility index (Phi) is 3.54. The molecular formula is C9H13FN4O. The van der Waals surface area contributed by atoms with Crippen LogP contribution in [0.15, 0.2) is 6.33 Å². The van der Waals surface area contributed by atoms with Gasteiger partial charge in [-0.05, 0) is 13.3 Å². The number of carbonyl (C=O) groups is 1. The fourth-order valence-electron chi connectivity index (χ4n) is 1.03. The lowest BCUT2D eigenvalue weighted by Gasteiger charge is -2.11. The number of hydrogen-bond acceptors (Lipinski definition) is 4. The Morgan fingerprint density at radius 2 is 2.33 bits per heavy atom. The average molecular weight is 212 g/mol. The summed E-state index contributed by atoms with van der Waals surface area (Å²) in [6.45, 7) is 3.32. The van der Waals surface area contributed by atoms with Crippen molar-refractivity contribution >= 4 is 11.7 Å². The Morgan fingerprint density at radius 1 is 1.67 bits per heavy atom. The highest BCUT2D eigenvalue weighted by Crippen LogP contribution is 2.13. The first-order valence-electron chi connectivity index (χ1n) is 4.61. The lowest BCUT2D eigenvalue weighted by molar-refractivity contribution is -0.118. The van der Waals surface area contributed by atoms with Gasteiger partial charge in [-0.3, -0.25) is 4.79 Å². The molecule has 1 unspecified atom stereocenters. The van der Waals surface area contributed by atoms with Gasteiger partial charge in [-0.2, -0.15) is 0 Å². The topological polar surface area (TPSA) is 80.9 Å². The predicted molar refractivity (Wildman–Crippen MR) is 53.6 cm³/mol. The van der Waals surface area contributed by atoms with Crippen molar-refractivity contribution in [3.8, 4) is 0 Å². The molecule has 6 heteroatoms. The minimum atomic E-state index is -0.667. The minimum Gasteiger partial charge on any atom is -0.368 e. The van der Waals surface area contributed by atoms with Crippen LogP contribution in [0, 0.1) is 5.82 Å². The molecule has 0 aliphatic carbocycles. The van der Waals surface area contributed by atoms with Crippen LogP contribution in [-0.2, 0) is 11.2 Å². The zero-order valence-corrected chi connectivity index (χ0v) is 8.62. The van der Waals surface area contributed by atoms with Gasteiger partial charge in [0.05, 0.1) is 5.69 Å². The molecule has 0 radical (unpaired) electrons. The third-order valence-corrected chi connectivity index (χ3v) is 1.98. The normalized spacial score (nSPS) is 12.2. The molecule has 1 aromatic rings. The molecule has 1 atom stereocenters. The number of nitrogens with two attached hydrogens (primary N) is 1. The van der Waals surface area contributed by atoms with E-state index >= 15 is 0 Å². The Morgan fingerprint density at radius 3 is 2.87 bits per heavy atom. The minimum absolute atomic E-state index is 0.00755. The van der Waals surface area contributed by atoms with E-state index in [1.165, 1.54) is 13.3 Å². The Bertz CT molecular complexity index is 369. The maximum atomic E-state index is 13.6. The van der Waals surface area contributed by atoms with Crippen LogP contribution in [0.4, 0.5) is 10.2 Å². The first-order chi connectivity index (χ1) is 7.06. The van der Waals surface area contributed by atoms with Gasteiger partial charge in [-0.25, -0.2) is 14.4 Å². The van der Waals surface area contributed by atoms with Gasteiger partial charge in [0, 0.05) is 0 Å². The van der Waals surface area contributed by atoms with Crippen LogP contribution in [0.1, 0.15) is 19.5 Å². The van der Waals surface area contributed by atoms with Crippen LogP contribution >= 0.6 is 0 Å². The fraction of sp³-hybridized carbons (Fsp3) is 0.444. The van der Waals surface area contributed by atoms with E-state index in [0.29, 0.717) is 12.1 Å². The van der Waals surface area contributed by atoms with E-state index in [9.17, 15) is 9.18 Å². The van der Waals surface area contributed by atoms with Gasteiger partial charge in [0.1, 0.15) is 12.4 Å². The number of amides is 1. The summed E-state index contributed by atoms with van der Waals surface area (Å²) in [5.74, 6) is -1.09. The molecule has 0 saturated carbocycles. The van der Waals surface area contributed by atoms with E-state index in [1.54, 1.807) is 6.92 Å². The number of carbonyl (C=O) groups excluding carboxylic acids is 1. The Labute approximate surface area is 86.9 Å². The van der Waals surface area contributed by atoms with E-state index < -0.39 is 17.8 Å². The smallest absolute Gasteiger partial charge is 0.239 e. The van der Waals surface area contributed by atoms with Crippen molar-refractivity contribution in [1.82, 2.24) is 9.97 Å². The predicted octanol–water partition coefficient (Wildman–Crippen LogP) is 0.464. The van der Waals surface area contributed by atoms with E-state index in [4.69, 9.17) is 5.73 Å². The highest BCUT2D eigenvalue weighted by Gasteiger charge is 2.14. The lowest BCUT2D eigenvalue weighted by Crippen LogP contribution is -2.33. The molecule has 3 N–H and O–H groups in total. The van der Waals surface area contributed by atoms with Crippen LogP contribution in [-0.4, -0.2) is 21.9 Å². The monoisotopic (exact) mass is 212 g/mol. The second kappa shape index (κ2) is 4.68.